The fraction of sp³-hybridized carbons (Fsp3) is 0.477. The minimum atomic E-state index is -4.85. The highest BCUT2D eigenvalue weighted by molar-refractivity contribution is 9.09. The zero-order valence-electron chi connectivity index (χ0n) is 38.1. The summed E-state index contributed by atoms with van der Waals surface area (Å²) in [6, 6.07) is 7.45. The largest absolute Gasteiger partial charge is 0.748 e. The van der Waals surface area contributed by atoms with Crippen molar-refractivity contribution < 1.29 is 70.8 Å². The second-order valence-electron chi connectivity index (χ2n) is 17.1. The van der Waals surface area contributed by atoms with Gasteiger partial charge in [0.25, 0.3) is 0 Å². The van der Waals surface area contributed by atoms with E-state index in [1.807, 2.05) is 0 Å². The van der Waals surface area contributed by atoms with E-state index in [9.17, 15) is 61.5 Å². The molecule has 0 spiro atoms. The zero-order valence-corrected chi connectivity index (χ0v) is 42.9. The Morgan fingerprint density at radius 2 is 1.34 bits per heavy atom. The monoisotopic (exact) mass is 1090 g/mol. The third-order valence-electron chi connectivity index (χ3n) is 11.4. The van der Waals surface area contributed by atoms with Crippen molar-refractivity contribution in [2.45, 2.75) is 86.8 Å². The number of hydrogen-bond acceptors (Lipinski definition) is 16. The molecule has 4 rings (SSSR count). The normalized spacial score (nSPS) is 16.8. The fourth-order valence-corrected chi connectivity index (χ4v) is 9.96. The van der Waals surface area contributed by atoms with Crippen LogP contribution in [0.5, 0.6) is 0 Å². The summed E-state index contributed by atoms with van der Waals surface area (Å²) >= 11 is 3.10. The van der Waals surface area contributed by atoms with Gasteiger partial charge in [-0.15, -0.1) is 0 Å². The maximum Gasteiger partial charge on any atom is 0.245 e. The summed E-state index contributed by atoms with van der Waals surface area (Å²) in [7, 11) is -19.1. The van der Waals surface area contributed by atoms with E-state index in [2.05, 4.69) is 26.6 Å². The van der Waals surface area contributed by atoms with E-state index in [0.717, 1.165) is 37.8 Å². The maximum atomic E-state index is 12.4. The molecule has 2 aliphatic rings. The molecule has 0 radical (unpaired) electrons. The summed E-state index contributed by atoms with van der Waals surface area (Å²) in [6.07, 6.45) is 14.3. The van der Waals surface area contributed by atoms with Gasteiger partial charge in [0, 0.05) is 60.7 Å². The fourth-order valence-electron chi connectivity index (χ4n) is 7.96. The van der Waals surface area contributed by atoms with Gasteiger partial charge in [-0.05, 0) is 87.1 Å². The van der Waals surface area contributed by atoms with Crippen molar-refractivity contribution in [3.63, 3.8) is 0 Å². The van der Waals surface area contributed by atoms with Gasteiger partial charge in [-0.2, -0.15) is 4.58 Å². The molecule has 24 heteroatoms. The van der Waals surface area contributed by atoms with Gasteiger partial charge in [0.05, 0.1) is 42.2 Å². The number of fused-ring (bicyclic) bond motifs is 2. The Labute approximate surface area is 407 Å². The average molecular weight is 1090 g/mol. The molecule has 0 saturated carbocycles. The first-order valence-corrected chi connectivity index (χ1v) is 28.6. The van der Waals surface area contributed by atoms with Crippen molar-refractivity contribution in [1.29, 1.82) is 0 Å². The molecule has 2 aromatic rings. The van der Waals surface area contributed by atoms with Crippen molar-refractivity contribution in [3.8, 4) is 0 Å². The lowest BCUT2D eigenvalue weighted by molar-refractivity contribution is -0.432. The molecule has 68 heavy (non-hydrogen) atoms. The highest BCUT2D eigenvalue weighted by Crippen LogP contribution is 2.48. The lowest BCUT2D eigenvalue weighted by Crippen LogP contribution is -2.30. The lowest BCUT2D eigenvalue weighted by atomic mass is 9.81. The summed E-state index contributed by atoms with van der Waals surface area (Å²) in [5.74, 6) is -1.91. The van der Waals surface area contributed by atoms with Gasteiger partial charge in [-0.1, -0.05) is 66.9 Å². The van der Waals surface area contributed by atoms with Crippen molar-refractivity contribution in [3.05, 3.63) is 95.3 Å². The van der Waals surface area contributed by atoms with E-state index >= 15 is 0 Å². The highest BCUT2D eigenvalue weighted by Gasteiger charge is 2.45. The van der Waals surface area contributed by atoms with E-state index in [4.69, 9.17) is 4.74 Å². The van der Waals surface area contributed by atoms with Gasteiger partial charge in [0.15, 0.2) is 12.3 Å². The highest BCUT2D eigenvalue weighted by atomic mass is 79.9. The van der Waals surface area contributed by atoms with E-state index < -0.39 is 72.6 Å². The number of allylic oxidation sites excluding steroid dienone is 8. The molecular weight excluding hydrogens is 1030 g/mol. The first kappa shape index (κ1) is 56.5. The number of hydrogen-bond donors (Lipinski definition) is 2. The second kappa shape index (κ2) is 23.7. The van der Waals surface area contributed by atoms with Gasteiger partial charge >= 0.3 is 0 Å². The van der Waals surface area contributed by atoms with Gasteiger partial charge in [-0.25, -0.2) is 33.7 Å². The van der Waals surface area contributed by atoms with Crippen LogP contribution in [-0.2, 0) is 65.6 Å². The van der Waals surface area contributed by atoms with Crippen LogP contribution in [0, 0.1) is 0 Å². The van der Waals surface area contributed by atoms with Crippen molar-refractivity contribution >= 4 is 85.3 Å². The second-order valence-corrected chi connectivity index (χ2v) is 23.5. The van der Waals surface area contributed by atoms with E-state index in [-0.39, 0.29) is 43.4 Å². The molecule has 19 nitrogen and oxygen atoms in total. The Morgan fingerprint density at radius 1 is 0.750 bits per heavy atom. The van der Waals surface area contributed by atoms with Gasteiger partial charge < -0.3 is 38.5 Å². The third kappa shape index (κ3) is 16.2. The van der Waals surface area contributed by atoms with Crippen LogP contribution < -0.4 is 15.5 Å². The SMILES string of the molecule is CC1(C)C(/C=C/C=C(/C=C/C=C2/N(CCS(=O)(=O)[O-])c3ccc(S(=O)(=O)[O-])cc3C2(C)C)CCCOCC(=O)NCCCCCCNC(=O)CBr)=[N+](CCS(=O)(=O)[O-])c2ccc(S(=O)(=O)[O-])cc21. The quantitative estimate of drug-likeness (QED) is 0.0446. The molecule has 2 N–H and O–H groups in total. The molecule has 0 bridgehead atoms. The predicted molar refractivity (Wildman–Crippen MR) is 254 cm³/mol. The number of benzene rings is 2. The van der Waals surface area contributed by atoms with Crippen LogP contribution in [0.1, 0.15) is 77.3 Å². The molecular formula is C44H56BrN4O15S4-3. The molecule has 0 atom stereocenters. The molecule has 2 heterocycles. The lowest BCUT2D eigenvalue weighted by Gasteiger charge is -2.27. The predicted octanol–water partition coefficient (Wildman–Crippen LogP) is 3.67. The molecule has 376 valence electrons. The number of anilines is 1. The topological polar surface area (TPSA) is 302 Å². The summed E-state index contributed by atoms with van der Waals surface area (Å²) in [5.41, 5.74) is 1.33. The van der Waals surface area contributed by atoms with Crippen LogP contribution in [0.3, 0.4) is 0 Å². The standard InChI is InChI=1S/C44H59BrN4O15S4/c1-43(2)35-28-33(67(58,59)60)17-19-37(35)48(23-26-65(52,53)54)39(43)15-9-12-32(14-11-25-64-31-42(51)47-22-8-6-5-7-21-46-41(50)30-45)13-10-16-40-44(3,4)36-29-34(68(61,62)63)18-20-38(36)49(40)24-27-66(55,56)57/h9-10,12-13,15-20,28-29H,5-8,11,14,21-27,30-31H2,1-4H3,(H5-,46,47,50,51,52,53,54,55,56,57,58,59,60,61,62,63)/p-3. The summed E-state index contributed by atoms with van der Waals surface area (Å²) < 4.78 is 149. The van der Waals surface area contributed by atoms with Crippen LogP contribution >= 0.6 is 15.9 Å². The van der Waals surface area contributed by atoms with E-state index in [1.165, 1.54) is 24.3 Å². The van der Waals surface area contributed by atoms with Crippen LogP contribution in [0.2, 0.25) is 0 Å². The number of carbonyl (C=O) groups excluding carboxylic acids is 2. The van der Waals surface area contributed by atoms with Gasteiger partial charge in [-0.3, -0.25) is 9.59 Å². The molecule has 0 fully saturated rings. The van der Waals surface area contributed by atoms with Crippen LogP contribution in [0.4, 0.5) is 11.4 Å². The number of nitrogens with one attached hydrogen (secondary N) is 2. The zero-order chi connectivity index (χ0) is 50.7. The van der Waals surface area contributed by atoms with E-state index in [1.54, 1.807) is 73.6 Å². The Kier molecular flexibility index (Phi) is 19.7. The smallest absolute Gasteiger partial charge is 0.245 e. The molecule has 0 saturated heterocycles. The number of nitrogens with zero attached hydrogens (tertiary/aromatic N) is 2. The molecule has 2 aliphatic heterocycles. The first-order valence-electron chi connectivity index (χ1n) is 21.5. The summed E-state index contributed by atoms with van der Waals surface area (Å²) in [5, 5.41) is 5.85. The van der Waals surface area contributed by atoms with Crippen LogP contribution in [0.25, 0.3) is 0 Å². The number of unbranched alkanes of at least 4 members (excludes halogenated alkanes) is 3. The van der Waals surface area contributed by atoms with Gasteiger partial charge in [0.2, 0.25) is 17.5 Å². The minimum Gasteiger partial charge on any atom is -0.748 e. The van der Waals surface area contributed by atoms with Crippen molar-refractivity contribution in [1.82, 2.24) is 10.6 Å². The molecule has 2 aromatic carbocycles. The van der Waals surface area contributed by atoms with Crippen molar-refractivity contribution in [2.75, 3.05) is 61.1 Å². The van der Waals surface area contributed by atoms with Crippen LogP contribution in [-0.4, -0.2) is 130 Å². The summed E-state index contributed by atoms with van der Waals surface area (Å²) in [4.78, 5) is 24.4. The van der Waals surface area contributed by atoms with Crippen LogP contribution in [0.15, 0.2) is 93.9 Å². The average Bonchev–Trinajstić information content (AvgIpc) is 3.58. The number of alkyl halides is 1. The Balaban J connectivity index is 1.61. The molecule has 2 amide bonds. The molecule has 0 aliphatic carbocycles. The number of carbonyl (C=O) groups is 2. The number of amides is 2. The summed E-state index contributed by atoms with van der Waals surface area (Å²) in [6.45, 7) is 7.49. The third-order valence-corrected chi connectivity index (χ3v) is 15.0. The van der Waals surface area contributed by atoms with E-state index in [0.29, 0.717) is 65.4 Å². The first-order chi connectivity index (χ1) is 31.6. The molecule has 0 aromatic heterocycles. The van der Waals surface area contributed by atoms with Crippen molar-refractivity contribution in [2.24, 2.45) is 0 Å². The Hall–Kier alpha value is -4.11. The Bertz CT molecular complexity index is 2820. The number of halogens is 1. The number of ether oxygens (including phenoxy) is 1. The maximum absolute atomic E-state index is 12.4. The minimum absolute atomic E-state index is 0.0751. The Morgan fingerprint density at radius 3 is 1.93 bits per heavy atom. The van der Waals surface area contributed by atoms with Gasteiger partial charge in [0.1, 0.15) is 37.0 Å². The molecule has 0 unspecified atom stereocenters. The number of rotatable bonds is 26.